The number of Topliss-reactive ketones (excluding diaryl/α,β-unsaturated/α-hetero) is 2. The molecule has 9 nitrogen and oxygen atoms in total. The highest BCUT2D eigenvalue weighted by molar-refractivity contribution is 5.94. The van der Waals surface area contributed by atoms with Gasteiger partial charge in [-0.25, -0.2) is 4.74 Å². The van der Waals surface area contributed by atoms with Gasteiger partial charge in [-0.15, -0.1) is 0 Å². The number of rotatable bonds is 10. The van der Waals surface area contributed by atoms with Gasteiger partial charge in [0, 0.05) is 9.82 Å². The van der Waals surface area contributed by atoms with Crippen molar-refractivity contribution >= 4 is 11.6 Å². The monoisotopic (exact) mass is 456 g/mol. The summed E-state index contributed by atoms with van der Waals surface area (Å²) >= 11 is 0. The number of azide groups is 2. The molecule has 164 valence electrons. The van der Waals surface area contributed by atoms with Crippen molar-refractivity contribution in [2.24, 2.45) is 10.2 Å². The third-order valence-electron chi connectivity index (χ3n) is 2.45. The first-order valence-electron chi connectivity index (χ1n) is 5.83. The maximum Gasteiger partial charge on any atom is 0.427 e. The number of hydrogen-bond acceptors (Lipinski definition) is 5. The fraction of sp³-hybridized carbons (Fsp3) is 0.750. The van der Waals surface area contributed by atoms with Crippen molar-refractivity contribution in [1.82, 2.24) is 0 Å². The van der Waals surface area contributed by atoms with Crippen LogP contribution in [0.1, 0.15) is 0 Å². The molecular weight excluding hydrogens is 456 g/mol. The predicted molar refractivity (Wildman–Crippen MR) is 59.1 cm³/mol. The van der Waals surface area contributed by atoms with Crippen LogP contribution in [0, 0.1) is 0 Å². The van der Waals surface area contributed by atoms with Gasteiger partial charge in [-0.1, -0.05) is 0 Å². The van der Waals surface area contributed by atoms with Crippen LogP contribution in [0.4, 0.5) is 52.7 Å². The normalized spacial score (nSPS) is 13.9. The number of carbonyl (C=O) groups excluding carboxylic acids is 2. The summed E-state index contributed by atoms with van der Waals surface area (Å²) < 4.78 is 157. The molecule has 29 heavy (non-hydrogen) atoms. The van der Waals surface area contributed by atoms with Crippen LogP contribution in [0.2, 0.25) is 0 Å². The Morgan fingerprint density at radius 3 is 1.07 bits per heavy atom. The van der Waals surface area contributed by atoms with Crippen LogP contribution >= 0.6 is 0 Å². The molecule has 0 radical (unpaired) electrons. The molecule has 0 unspecified atom stereocenters. The van der Waals surface area contributed by atoms with E-state index in [0.717, 1.165) is 20.1 Å². The molecule has 0 aliphatic rings. The Kier molecular flexibility index (Phi) is 6.73. The number of carbonyl (C=O) groups is 2. The third kappa shape index (κ3) is 4.74. The molecule has 0 aromatic carbocycles. The van der Waals surface area contributed by atoms with Crippen molar-refractivity contribution in [3.8, 4) is 0 Å². The molecule has 0 aromatic heterocycles. The number of halogens is 12. The van der Waals surface area contributed by atoms with E-state index < -0.39 is 47.7 Å². The van der Waals surface area contributed by atoms with E-state index >= 15 is 0 Å². The highest BCUT2D eigenvalue weighted by Gasteiger charge is 2.74. The molecule has 0 amide bonds. The summed E-state index contributed by atoms with van der Waals surface area (Å²) in [6.07, 6.45) is -13.8. The van der Waals surface area contributed by atoms with E-state index in [1.165, 1.54) is 0 Å². The molecule has 0 N–H and O–H groups in total. The van der Waals surface area contributed by atoms with Gasteiger partial charge in [0.25, 0.3) is 0 Å². The SMILES string of the molecule is [N-]=[N+]=NC(F)(F)C(F)(F)C(=O)C(F)(F)OC(F)(F)C(=O)C(F)(F)C(F)(F)N=[N+]=[N-]. The lowest BCUT2D eigenvalue weighted by atomic mass is 10.1. The van der Waals surface area contributed by atoms with E-state index in [-0.39, 0.29) is 0 Å². The van der Waals surface area contributed by atoms with Crippen molar-refractivity contribution in [3.63, 3.8) is 0 Å². The van der Waals surface area contributed by atoms with E-state index in [9.17, 15) is 62.3 Å². The first-order valence-corrected chi connectivity index (χ1v) is 5.83. The van der Waals surface area contributed by atoms with Gasteiger partial charge in [-0.2, -0.15) is 52.7 Å². The van der Waals surface area contributed by atoms with Crippen molar-refractivity contribution in [3.05, 3.63) is 20.9 Å². The fourth-order valence-corrected chi connectivity index (χ4v) is 1.13. The van der Waals surface area contributed by atoms with Crippen molar-refractivity contribution < 1.29 is 67.0 Å². The Bertz CT molecular complexity index is 721. The Hall–Kier alpha value is -2.92. The quantitative estimate of drug-likeness (QED) is 0.158. The fourth-order valence-electron chi connectivity index (χ4n) is 1.13. The highest BCUT2D eigenvalue weighted by atomic mass is 19.3. The van der Waals surface area contributed by atoms with E-state index in [1.807, 2.05) is 0 Å². The summed E-state index contributed by atoms with van der Waals surface area (Å²) in [6.45, 7) is 0. The van der Waals surface area contributed by atoms with Crippen molar-refractivity contribution in [2.75, 3.05) is 0 Å². The van der Waals surface area contributed by atoms with Gasteiger partial charge < -0.3 is 0 Å². The van der Waals surface area contributed by atoms with Crippen LogP contribution in [0.3, 0.4) is 0 Å². The molecule has 0 atom stereocenters. The molecule has 0 aliphatic carbocycles. The maximum atomic E-state index is 13.1. The second kappa shape index (κ2) is 7.48. The van der Waals surface area contributed by atoms with Crippen LogP contribution in [-0.4, -0.2) is 47.7 Å². The Morgan fingerprint density at radius 1 is 0.621 bits per heavy atom. The predicted octanol–water partition coefficient (Wildman–Crippen LogP) is 4.40. The minimum atomic E-state index is -6.90. The lowest BCUT2D eigenvalue weighted by Gasteiger charge is -2.29. The van der Waals surface area contributed by atoms with Crippen LogP contribution in [0.25, 0.3) is 20.9 Å². The van der Waals surface area contributed by atoms with E-state index in [0.29, 0.717) is 0 Å². The molecule has 0 spiro atoms. The molecule has 0 aromatic rings. The second-order valence-electron chi connectivity index (χ2n) is 4.40. The first-order chi connectivity index (χ1) is 12.6. The minimum absolute atomic E-state index is 0.954. The standard InChI is InChI=1S/C8F12N6O3/c9-3(10,7(17,18)23-25-21)1(27)5(13,14)29-6(15,16)2(28)4(11,12)8(19,20)24-26-22. The van der Waals surface area contributed by atoms with E-state index in [2.05, 4.69) is 0 Å². The summed E-state index contributed by atoms with van der Waals surface area (Å²) in [5, 5.41) is 1.91. The summed E-state index contributed by atoms with van der Waals surface area (Å²) in [4.78, 5) is 23.5. The minimum Gasteiger partial charge on any atom is -0.283 e. The number of hydrogen-bond donors (Lipinski definition) is 0. The largest absolute Gasteiger partial charge is 0.427 e. The van der Waals surface area contributed by atoms with Crippen LogP contribution in [0.15, 0.2) is 10.2 Å². The molecule has 0 heterocycles. The van der Waals surface area contributed by atoms with Crippen LogP contribution in [-0.2, 0) is 14.3 Å². The lowest BCUT2D eigenvalue weighted by Crippen LogP contribution is -2.59. The lowest BCUT2D eigenvalue weighted by molar-refractivity contribution is -0.357. The zero-order valence-electron chi connectivity index (χ0n) is 12.4. The molecule has 0 saturated carbocycles. The molecule has 0 rings (SSSR count). The van der Waals surface area contributed by atoms with Gasteiger partial charge in [0.15, 0.2) is 0 Å². The van der Waals surface area contributed by atoms with Gasteiger partial charge in [-0.3, -0.25) is 9.59 Å². The topological polar surface area (TPSA) is 141 Å². The van der Waals surface area contributed by atoms with Crippen molar-refractivity contribution in [2.45, 2.75) is 36.2 Å². The molecule has 21 heteroatoms. The van der Waals surface area contributed by atoms with Gasteiger partial charge in [-0.05, 0) is 21.3 Å². The van der Waals surface area contributed by atoms with Gasteiger partial charge in [0.2, 0.25) is 0 Å². The van der Waals surface area contributed by atoms with Gasteiger partial charge in [0.05, 0.1) is 0 Å². The number of nitrogens with zero attached hydrogens (tertiary/aromatic N) is 6. The van der Waals surface area contributed by atoms with Crippen LogP contribution in [0.5, 0.6) is 0 Å². The molecule has 0 fully saturated rings. The Morgan fingerprint density at radius 2 is 0.862 bits per heavy atom. The smallest absolute Gasteiger partial charge is 0.283 e. The summed E-state index contributed by atoms with van der Waals surface area (Å²) in [5.74, 6) is -22.9. The van der Waals surface area contributed by atoms with E-state index in [1.54, 1.807) is 4.74 Å². The van der Waals surface area contributed by atoms with Crippen molar-refractivity contribution in [1.29, 1.82) is 0 Å². The molecule has 0 aliphatic heterocycles. The zero-order valence-corrected chi connectivity index (χ0v) is 12.4. The molecular formula is C8F12N6O3. The Balaban J connectivity index is 6.04. The summed E-state index contributed by atoms with van der Waals surface area (Å²) in [6, 6.07) is -12.7. The molecule has 0 bridgehead atoms. The van der Waals surface area contributed by atoms with Gasteiger partial charge in [0.1, 0.15) is 0 Å². The maximum absolute atomic E-state index is 13.1. The first kappa shape index (κ1) is 26.1. The summed E-state index contributed by atoms with van der Waals surface area (Å²) in [7, 11) is 0. The zero-order chi connectivity index (χ0) is 23.7. The number of ketones is 2. The van der Waals surface area contributed by atoms with Gasteiger partial charge >= 0.3 is 47.7 Å². The second-order valence-corrected chi connectivity index (χ2v) is 4.40. The number of alkyl halides is 12. The number of ether oxygens (including phenoxy) is 1. The van der Waals surface area contributed by atoms with E-state index in [4.69, 9.17) is 11.1 Å². The third-order valence-corrected chi connectivity index (χ3v) is 2.45. The van der Waals surface area contributed by atoms with Crippen LogP contribution < -0.4 is 0 Å². The highest BCUT2D eigenvalue weighted by Crippen LogP contribution is 2.45. The average Bonchev–Trinajstić information content (AvgIpc) is 2.51. The molecule has 0 saturated heterocycles. The average molecular weight is 456 g/mol. The summed E-state index contributed by atoms with van der Waals surface area (Å²) in [5.41, 5.74) is 15.2. The Labute approximate surface area is 147 Å².